The highest BCUT2D eigenvalue weighted by Crippen LogP contribution is 2.27. The Morgan fingerprint density at radius 3 is 2.06 bits per heavy atom. The molecule has 1 aromatic carbocycles. The number of benzene rings is 1. The fourth-order valence-electron chi connectivity index (χ4n) is 1.56. The van der Waals surface area contributed by atoms with Crippen LogP contribution in [0.1, 0.15) is 45.0 Å². The van der Waals surface area contributed by atoms with E-state index in [0.717, 1.165) is 5.69 Å². The third-order valence-electron chi connectivity index (χ3n) is 2.20. The van der Waals surface area contributed by atoms with E-state index in [4.69, 9.17) is 0 Å². The number of hydrogen-bond donors (Lipinski definition) is 0. The van der Waals surface area contributed by atoms with Gasteiger partial charge in [-0.15, -0.1) is 0 Å². The van der Waals surface area contributed by atoms with Crippen LogP contribution in [0.15, 0.2) is 24.3 Å². The summed E-state index contributed by atoms with van der Waals surface area (Å²) < 4.78 is 0. The summed E-state index contributed by atoms with van der Waals surface area (Å²) in [7, 11) is 0. The Labute approximate surface area is 103 Å². The van der Waals surface area contributed by atoms with Gasteiger partial charge in [-0.2, -0.15) is 0 Å². The zero-order valence-electron chi connectivity index (χ0n) is 11.3. The van der Waals surface area contributed by atoms with Gasteiger partial charge in [0.05, 0.1) is 11.3 Å². The van der Waals surface area contributed by atoms with E-state index < -0.39 is 11.7 Å². The highest BCUT2D eigenvalue weighted by molar-refractivity contribution is 6.52. The molecule has 3 heteroatoms. The SMILES string of the molecule is CC.CC.CCN1C(=O)C(=O)c2ccccc21. The van der Waals surface area contributed by atoms with Gasteiger partial charge in [0, 0.05) is 6.54 Å². The predicted octanol–water partition coefficient (Wildman–Crippen LogP) is 3.29. The van der Waals surface area contributed by atoms with Gasteiger partial charge >= 0.3 is 0 Å². The summed E-state index contributed by atoms with van der Waals surface area (Å²) in [6, 6.07) is 7.07. The number of para-hydroxylation sites is 1. The average Bonchev–Trinajstić information content (AvgIpc) is 2.67. The molecule has 0 fully saturated rings. The lowest BCUT2D eigenvalue weighted by Gasteiger charge is -2.12. The molecule has 0 spiro atoms. The van der Waals surface area contributed by atoms with Gasteiger partial charge in [-0.3, -0.25) is 9.59 Å². The first-order valence-electron chi connectivity index (χ1n) is 6.21. The highest BCUT2D eigenvalue weighted by Gasteiger charge is 2.33. The molecule has 2 rings (SSSR count). The fourth-order valence-corrected chi connectivity index (χ4v) is 1.56. The molecule has 17 heavy (non-hydrogen) atoms. The van der Waals surface area contributed by atoms with E-state index in [1.165, 1.54) is 4.90 Å². The number of fused-ring (bicyclic) bond motifs is 1. The van der Waals surface area contributed by atoms with Crippen molar-refractivity contribution in [2.24, 2.45) is 0 Å². The van der Waals surface area contributed by atoms with Crippen molar-refractivity contribution in [2.45, 2.75) is 34.6 Å². The number of anilines is 1. The molecule has 0 unspecified atom stereocenters. The monoisotopic (exact) mass is 235 g/mol. The minimum Gasteiger partial charge on any atom is -0.305 e. The van der Waals surface area contributed by atoms with Gasteiger partial charge in [0.1, 0.15) is 0 Å². The normalized spacial score (nSPS) is 12.2. The Morgan fingerprint density at radius 1 is 1.00 bits per heavy atom. The van der Waals surface area contributed by atoms with Crippen LogP contribution in [0.4, 0.5) is 5.69 Å². The van der Waals surface area contributed by atoms with Crippen LogP contribution < -0.4 is 4.90 Å². The Hall–Kier alpha value is -1.64. The molecule has 0 atom stereocenters. The molecule has 1 heterocycles. The summed E-state index contributed by atoms with van der Waals surface area (Å²) in [6.45, 7) is 10.4. The Balaban J connectivity index is 0.000000581. The van der Waals surface area contributed by atoms with Crippen LogP contribution in [-0.2, 0) is 4.79 Å². The first-order chi connectivity index (χ1) is 8.25. The molecule has 0 aromatic heterocycles. The Morgan fingerprint density at radius 2 is 1.53 bits per heavy atom. The molecule has 1 amide bonds. The minimum absolute atomic E-state index is 0.391. The Bertz CT molecular complexity index is 386. The quantitative estimate of drug-likeness (QED) is 0.700. The maximum Gasteiger partial charge on any atom is 0.299 e. The maximum absolute atomic E-state index is 11.4. The number of carbonyl (C=O) groups excluding carboxylic acids is 2. The van der Waals surface area contributed by atoms with Gasteiger partial charge in [-0.1, -0.05) is 39.8 Å². The molecule has 0 N–H and O–H groups in total. The molecule has 1 aliphatic rings. The predicted molar refractivity (Wildman–Crippen MR) is 71.5 cm³/mol. The second kappa shape index (κ2) is 7.60. The summed E-state index contributed by atoms with van der Waals surface area (Å²) in [5.41, 5.74) is 1.26. The van der Waals surface area contributed by atoms with Crippen LogP contribution in [0, 0.1) is 0 Å². The number of Topliss-reactive ketones (excluding diaryl/α,β-unsaturated/α-hetero) is 1. The molecule has 0 saturated carbocycles. The highest BCUT2D eigenvalue weighted by atomic mass is 16.2. The van der Waals surface area contributed by atoms with Crippen LogP contribution in [0.2, 0.25) is 0 Å². The van der Waals surface area contributed by atoms with Crippen molar-refractivity contribution in [3.05, 3.63) is 29.8 Å². The molecule has 0 aliphatic carbocycles. The summed E-state index contributed by atoms with van der Waals surface area (Å²) in [4.78, 5) is 24.2. The van der Waals surface area contributed by atoms with E-state index >= 15 is 0 Å². The summed E-state index contributed by atoms with van der Waals surface area (Å²) >= 11 is 0. The number of hydrogen-bond acceptors (Lipinski definition) is 2. The lowest BCUT2D eigenvalue weighted by Crippen LogP contribution is -2.29. The fraction of sp³-hybridized carbons (Fsp3) is 0.429. The molecule has 94 valence electrons. The summed E-state index contributed by atoms with van der Waals surface area (Å²) in [5.74, 6) is -0.804. The smallest absolute Gasteiger partial charge is 0.299 e. The van der Waals surface area contributed by atoms with Gasteiger partial charge in [-0.05, 0) is 19.1 Å². The molecule has 1 aliphatic heterocycles. The van der Waals surface area contributed by atoms with E-state index in [1.807, 2.05) is 40.7 Å². The number of rotatable bonds is 1. The van der Waals surface area contributed by atoms with Gasteiger partial charge < -0.3 is 4.90 Å². The lowest BCUT2D eigenvalue weighted by molar-refractivity contribution is -0.114. The Kier molecular flexibility index (Phi) is 6.87. The van der Waals surface area contributed by atoms with Crippen molar-refractivity contribution in [1.29, 1.82) is 0 Å². The second-order valence-corrected chi connectivity index (χ2v) is 2.90. The molecule has 0 bridgehead atoms. The van der Waals surface area contributed by atoms with E-state index in [9.17, 15) is 9.59 Å². The van der Waals surface area contributed by atoms with Crippen molar-refractivity contribution in [1.82, 2.24) is 0 Å². The summed E-state index contributed by atoms with van der Waals surface area (Å²) in [5, 5.41) is 0. The van der Waals surface area contributed by atoms with Crippen LogP contribution in [-0.4, -0.2) is 18.2 Å². The second-order valence-electron chi connectivity index (χ2n) is 2.90. The number of amides is 1. The third-order valence-corrected chi connectivity index (χ3v) is 2.20. The first-order valence-corrected chi connectivity index (χ1v) is 6.21. The first kappa shape index (κ1) is 15.4. The van der Waals surface area contributed by atoms with Crippen molar-refractivity contribution in [3.8, 4) is 0 Å². The van der Waals surface area contributed by atoms with Gasteiger partial charge in [0.15, 0.2) is 0 Å². The van der Waals surface area contributed by atoms with Crippen LogP contribution >= 0.6 is 0 Å². The lowest BCUT2D eigenvalue weighted by atomic mass is 10.1. The molecule has 0 radical (unpaired) electrons. The van der Waals surface area contributed by atoms with Gasteiger partial charge in [-0.25, -0.2) is 0 Å². The molecule has 3 nitrogen and oxygen atoms in total. The zero-order valence-corrected chi connectivity index (χ0v) is 11.3. The van der Waals surface area contributed by atoms with Crippen LogP contribution in [0.25, 0.3) is 0 Å². The largest absolute Gasteiger partial charge is 0.305 e. The van der Waals surface area contributed by atoms with Gasteiger partial charge in [0.2, 0.25) is 0 Å². The maximum atomic E-state index is 11.4. The van der Waals surface area contributed by atoms with E-state index in [1.54, 1.807) is 18.2 Å². The van der Waals surface area contributed by atoms with Gasteiger partial charge in [0.25, 0.3) is 11.7 Å². The van der Waals surface area contributed by atoms with E-state index in [0.29, 0.717) is 12.1 Å². The molecule has 1 aromatic rings. The van der Waals surface area contributed by atoms with Crippen molar-refractivity contribution in [2.75, 3.05) is 11.4 Å². The van der Waals surface area contributed by atoms with Crippen molar-refractivity contribution < 1.29 is 9.59 Å². The van der Waals surface area contributed by atoms with Crippen molar-refractivity contribution >= 4 is 17.4 Å². The van der Waals surface area contributed by atoms with Crippen LogP contribution in [0.5, 0.6) is 0 Å². The number of ketones is 1. The molecular formula is C14H21NO2. The van der Waals surface area contributed by atoms with E-state index in [2.05, 4.69) is 0 Å². The summed E-state index contributed by atoms with van der Waals surface area (Å²) in [6.07, 6.45) is 0. The number of likely N-dealkylation sites (N-methyl/N-ethyl adjacent to an activating group) is 1. The number of carbonyl (C=O) groups is 2. The average molecular weight is 235 g/mol. The zero-order chi connectivity index (χ0) is 13.4. The van der Waals surface area contributed by atoms with Crippen molar-refractivity contribution in [3.63, 3.8) is 0 Å². The third kappa shape index (κ3) is 2.93. The number of nitrogens with zero attached hydrogens (tertiary/aromatic N) is 1. The molecular weight excluding hydrogens is 214 g/mol. The van der Waals surface area contributed by atoms with E-state index in [-0.39, 0.29) is 0 Å². The van der Waals surface area contributed by atoms with Crippen LogP contribution in [0.3, 0.4) is 0 Å². The molecule has 0 saturated heterocycles. The topological polar surface area (TPSA) is 37.4 Å². The standard InChI is InChI=1S/C10H9NO2.2C2H6/c1-2-11-8-6-4-3-5-7(8)9(12)10(11)13;2*1-2/h3-6H,2H2,1H3;2*1-2H3. The minimum atomic E-state index is -0.413.